The van der Waals surface area contributed by atoms with Crippen LogP contribution >= 0.6 is 0 Å². The highest BCUT2D eigenvalue weighted by molar-refractivity contribution is 5.93. The number of ether oxygens (including phenoxy) is 1. The van der Waals surface area contributed by atoms with E-state index in [2.05, 4.69) is 0 Å². The second-order valence-electron chi connectivity index (χ2n) is 2.69. The molecule has 0 bridgehead atoms. The van der Waals surface area contributed by atoms with Crippen LogP contribution in [-0.4, -0.2) is 31.6 Å². The van der Waals surface area contributed by atoms with E-state index in [-0.39, 0.29) is 12.2 Å². The second-order valence-corrected chi connectivity index (χ2v) is 2.69. The van der Waals surface area contributed by atoms with E-state index >= 15 is 0 Å². The van der Waals surface area contributed by atoms with Gasteiger partial charge in [-0.25, -0.2) is 4.79 Å². The normalized spacial score (nSPS) is 11.3. The molecular weight excluding hydrogens is 168 g/mol. The Balaban J connectivity index is 4.80. The van der Waals surface area contributed by atoms with Crippen LogP contribution in [0.25, 0.3) is 0 Å². The van der Waals surface area contributed by atoms with E-state index in [4.69, 9.17) is 10.00 Å². The van der Waals surface area contributed by atoms with Gasteiger partial charge >= 0.3 is 5.97 Å². The lowest BCUT2D eigenvalue weighted by atomic mass is 10.2. The summed E-state index contributed by atoms with van der Waals surface area (Å²) in [6.45, 7) is 3.69. The molecule has 0 fully saturated rings. The summed E-state index contributed by atoms with van der Waals surface area (Å²) in [7, 11) is 3.54. The van der Waals surface area contributed by atoms with Crippen molar-refractivity contribution in [3.05, 3.63) is 11.3 Å². The molecule has 4 nitrogen and oxygen atoms in total. The lowest BCUT2D eigenvalue weighted by molar-refractivity contribution is -0.138. The van der Waals surface area contributed by atoms with Gasteiger partial charge in [-0.3, -0.25) is 0 Å². The summed E-state index contributed by atoms with van der Waals surface area (Å²) >= 11 is 0. The fraction of sp³-hybridized carbons (Fsp3) is 0.556. The molecule has 0 N–H and O–H groups in total. The molecule has 0 aromatic carbocycles. The average Bonchev–Trinajstić information content (AvgIpc) is 2.05. The third kappa shape index (κ3) is 3.16. The van der Waals surface area contributed by atoms with Gasteiger partial charge in [0.1, 0.15) is 6.07 Å². The predicted octanol–water partition coefficient (Wildman–Crippen LogP) is 0.909. The van der Waals surface area contributed by atoms with E-state index in [9.17, 15) is 4.79 Å². The number of nitriles is 1. The number of hydrogen-bond donors (Lipinski definition) is 0. The predicted molar refractivity (Wildman–Crippen MR) is 48.6 cm³/mol. The van der Waals surface area contributed by atoms with Crippen LogP contribution in [0.3, 0.4) is 0 Å². The molecule has 4 heteroatoms. The van der Waals surface area contributed by atoms with E-state index in [1.807, 2.05) is 6.07 Å². The molecule has 0 spiro atoms. The van der Waals surface area contributed by atoms with Crippen LogP contribution in [-0.2, 0) is 9.53 Å². The quantitative estimate of drug-likeness (QED) is 0.370. The number of allylic oxidation sites excluding steroid dienone is 1. The molecule has 0 aliphatic carbocycles. The lowest BCUT2D eigenvalue weighted by Crippen LogP contribution is -2.16. The van der Waals surface area contributed by atoms with Crippen LogP contribution in [0.2, 0.25) is 0 Å². The van der Waals surface area contributed by atoms with Crippen LogP contribution < -0.4 is 0 Å². The van der Waals surface area contributed by atoms with Gasteiger partial charge in [-0.1, -0.05) is 0 Å². The van der Waals surface area contributed by atoms with Crippen LogP contribution in [0, 0.1) is 11.3 Å². The molecule has 0 unspecified atom stereocenters. The Morgan fingerprint density at radius 3 is 2.38 bits per heavy atom. The van der Waals surface area contributed by atoms with Crippen molar-refractivity contribution in [1.29, 1.82) is 5.26 Å². The molecule has 0 atom stereocenters. The Hall–Kier alpha value is -1.50. The molecule has 13 heavy (non-hydrogen) atoms. The Morgan fingerprint density at radius 1 is 1.54 bits per heavy atom. The molecule has 0 heterocycles. The van der Waals surface area contributed by atoms with Crippen molar-refractivity contribution < 1.29 is 9.53 Å². The Labute approximate surface area is 78.4 Å². The Bertz CT molecular complexity index is 261. The maximum absolute atomic E-state index is 11.2. The molecule has 0 aliphatic heterocycles. The first-order valence-electron chi connectivity index (χ1n) is 4.00. The summed E-state index contributed by atoms with van der Waals surface area (Å²) < 4.78 is 4.72. The minimum Gasteiger partial charge on any atom is -0.462 e. The summed E-state index contributed by atoms with van der Waals surface area (Å²) in [6.07, 6.45) is 0. The molecule has 72 valence electrons. The van der Waals surface area contributed by atoms with E-state index in [0.29, 0.717) is 5.70 Å². The van der Waals surface area contributed by atoms with Gasteiger partial charge in [0.05, 0.1) is 6.61 Å². The first-order valence-corrected chi connectivity index (χ1v) is 4.00. The van der Waals surface area contributed by atoms with Gasteiger partial charge in [-0.15, -0.1) is 0 Å². The fourth-order valence-corrected chi connectivity index (χ4v) is 0.701. The summed E-state index contributed by atoms with van der Waals surface area (Å²) in [5.41, 5.74) is 0.674. The van der Waals surface area contributed by atoms with Crippen LogP contribution in [0.4, 0.5) is 0 Å². The number of carbonyl (C=O) groups excluding carboxylic acids is 1. The van der Waals surface area contributed by atoms with Crippen LogP contribution in [0.5, 0.6) is 0 Å². The number of nitrogens with zero attached hydrogens (tertiary/aromatic N) is 2. The SMILES string of the molecule is CCOC(=O)C(C#N)=C(C)N(C)C. The number of rotatable bonds is 3. The van der Waals surface area contributed by atoms with Gasteiger partial charge in [-0.2, -0.15) is 5.26 Å². The zero-order chi connectivity index (χ0) is 10.4. The number of hydrogen-bond acceptors (Lipinski definition) is 4. The molecule has 0 amide bonds. The van der Waals surface area contributed by atoms with Crippen LogP contribution in [0.1, 0.15) is 13.8 Å². The van der Waals surface area contributed by atoms with Gasteiger partial charge in [0.15, 0.2) is 5.57 Å². The lowest BCUT2D eigenvalue weighted by Gasteiger charge is -2.13. The minimum absolute atomic E-state index is 0.0619. The Kier molecular flexibility index (Phi) is 4.60. The minimum atomic E-state index is -0.559. The van der Waals surface area contributed by atoms with Crippen molar-refractivity contribution in [2.75, 3.05) is 20.7 Å². The van der Waals surface area contributed by atoms with Gasteiger partial charge in [-0.05, 0) is 13.8 Å². The third-order valence-corrected chi connectivity index (χ3v) is 1.62. The molecule has 0 radical (unpaired) electrons. The van der Waals surface area contributed by atoms with Crippen molar-refractivity contribution in [2.45, 2.75) is 13.8 Å². The summed E-state index contributed by atoms with van der Waals surface area (Å²) in [5.74, 6) is -0.559. The van der Waals surface area contributed by atoms with Crippen LogP contribution in [0.15, 0.2) is 11.3 Å². The van der Waals surface area contributed by atoms with E-state index in [1.165, 1.54) is 0 Å². The zero-order valence-electron chi connectivity index (χ0n) is 8.42. The van der Waals surface area contributed by atoms with Crippen molar-refractivity contribution in [1.82, 2.24) is 4.90 Å². The van der Waals surface area contributed by atoms with E-state index in [0.717, 1.165) is 0 Å². The Morgan fingerprint density at radius 2 is 2.08 bits per heavy atom. The zero-order valence-corrected chi connectivity index (χ0v) is 8.42. The van der Waals surface area contributed by atoms with Crippen molar-refractivity contribution in [3.8, 4) is 6.07 Å². The standard InChI is InChI=1S/C9H14N2O2/c1-5-13-9(12)8(6-10)7(2)11(3)4/h5H2,1-4H3. The number of carbonyl (C=O) groups is 1. The van der Waals surface area contributed by atoms with Gasteiger partial charge < -0.3 is 9.64 Å². The highest BCUT2D eigenvalue weighted by atomic mass is 16.5. The highest BCUT2D eigenvalue weighted by Crippen LogP contribution is 2.07. The van der Waals surface area contributed by atoms with Gasteiger partial charge in [0, 0.05) is 19.8 Å². The van der Waals surface area contributed by atoms with E-state index in [1.54, 1.807) is 32.8 Å². The molecule has 0 saturated carbocycles. The summed E-state index contributed by atoms with van der Waals surface area (Å²) in [6, 6.07) is 1.83. The number of esters is 1. The average molecular weight is 182 g/mol. The van der Waals surface area contributed by atoms with Gasteiger partial charge in [0.25, 0.3) is 0 Å². The summed E-state index contributed by atoms with van der Waals surface area (Å²) in [5, 5.41) is 8.71. The molecule has 0 aliphatic rings. The molecule has 0 aromatic rings. The van der Waals surface area contributed by atoms with E-state index < -0.39 is 5.97 Å². The van der Waals surface area contributed by atoms with Crippen molar-refractivity contribution >= 4 is 5.97 Å². The molecule has 0 saturated heterocycles. The smallest absolute Gasteiger partial charge is 0.350 e. The largest absolute Gasteiger partial charge is 0.462 e. The summed E-state index contributed by atoms with van der Waals surface area (Å²) in [4.78, 5) is 12.9. The maximum Gasteiger partial charge on any atom is 0.350 e. The first kappa shape index (κ1) is 11.5. The monoisotopic (exact) mass is 182 g/mol. The van der Waals surface area contributed by atoms with Crippen molar-refractivity contribution in [3.63, 3.8) is 0 Å². The first-order chi connectivity index (χ1) is 6.04. The molecule has 0 rings (SSSR count). The maximum atomic E-state index is 11.2. The van der Waals surface area contributed by atoms with Crippen molar-refractivity contribution in [2.24, 2.45) is 0 Å². The third-order valence-electron chi connectivity index (χ3n) is 1.62. The fourth-order valence-electron chi connectivity index (χ4n) is 0.701. The highest BCUT2D eigenvalue weighted by Gasteiger charge is 2.14. The second kappa shape index (κ2) is 5.20. The molecular formula is C9H14N2O2. The topological polar surface area (TPSA) is 53.3 Å². The molecule has 0 aromatic heterocycles. The van der Waals surface area contributed by atoms with Gasteiger partial charge in [0.2, 0.25) is 0 Å².